The van der Waals surface area contributed by atoms with E-state index in [9.17, 15) is 4.79 Å². The molecule has 0 aromatic carbocycles. The van der Waals surface area contributed by atoms with Gasteiger partial charge in [-0.1, -0.05) is 20.8 Å². The van der Waals surface area contributed by atoms with Crippen LogP contribution in [0.5, 0.6) is 0 Å². The van der Waals surface area contributed by atoms with Gasteiger partial charge >= 0.3 is 0 Å². The van der Waals surface area contributed by atoms with Gasteiger partial charge in [-0.15, -0.1) is 0 Å². The minimum atomic E-state index is 0.0710. The van der Waals surface area contributed by atoms with Gasteiger partial charge in [-0.25, -0.2) is 5.01 Å². The van der Waals surface area contributed by atoms with E-state index < -0.39 is 0 Å². The number of nitrogens with zero attached hydrogens (tertiary/aromatic N) is 2. The number of carbonyl (C=O) groups excluding carboxylic acids is 1. The Hall–Kier alpha value is -1.06. The highest BCUT2D eigenvalue weighted by Crippen LogP contribution is 2.16. The molecule has 0 bridgehead atoms. The van der Waals surface area contributed by atoms with Crippen molar-refractivity contribution in [2.75, 3.05) is 6.54 Å². The molecular weight excluding hydrogens is 154 g/mol. The lowest BCUT2D eigenvalue weighted by Gasteiger charge is -2.06. The Morgan fingerprint density at radius 1 is 1.67 bits per heavy atom. The first-order valence-electron chi connectivity index (χ1n) is 4.31. The molecule has 2 N–H and O–H groups in total. The molecule has 4 heteroatoms. The number of nitrogens with two attached hydrogens (primary N) is 1. The molecule has 0 aromatic rings. The number of carbonyl (C=O) groups is 1. The zero-order valence-corrected chi connectivity index (χ0v) is 7.95. The van der Waals surface area contributed by atoms with Crippen molar-refractivity contribution in [2.24, 2.45) is 16.8 Å². The third-order valence-electron chi connectivity index (χ3n) is 1.66. The van der Waals surface area contributed by atoms with Gasteiger partial charge in [0.25, 0.3) is 0 Å². The van der Waals surface area contributed by atoms with E-state index >= 15 is 0 Å². The molecule has 1 fully saturated rings. The molecule has 0 aromatic heterocycles. The molecule has 70 valence electrons. The van der Waals surface area contributed by atoms with Gasteiger partial charge in [-0.3, -0.25) is 4.79 Å². The van der Waals surface area contributed by atoms with Gasteiger partial charge < -0.3 is 5.73 Å². The van der Waals surface area contributed by atoms with E-state index in [0.29, 0.717) is 6.54 Å². The lowest BCUT2D eigenvalue weighted by atomic mass is 10.1. The summed E-state index contributed by atoms with van der Waals surface area (Å²) in [7, 11) is 0. The van der Waals surface area contributed by atoms with E-state index in [1.165, 1.54) is 5.01 Å². The van der Waals surface area contributed by atoms with Crippen molar-refractivity contribution in [2.45, 2.75) is 27.2 Å². The first-order valence-corrected chi connectivity index (χ1v) is 4.31. The van der Waals surface area contributed by atoms with Crippen LogP contribution in [0.1, 0.15) is 27.2 Å². The molecule has 0 saturated carbocycles. The van der Waals surface area contributed by atoms with E-state index in [2.05, 4.69) is 5.10 Å². The Labute approximate surface area is 73.4 Å². The largest absolute Gasteiger partial charge is 0.388 e. The lowest BCUT2D eigenvalue weighted by molar-refractivity contribution is -0.130. The third kappa shape index (κ3) is 2.53. The number of hydrazone groups is 1. The summed E-state index contributed by atoms with van der Waals surface area (Å²) in [6.07, 6.45) is 2.03. The molecular formula is C8H17N3O. The van der Waals surface area contributed by atoms with Gasteiger partial charge in [0.2, 0.25) is 5.91 Å². The van der Waals surface area contributed by atoms with Crippen LogP contribution in [0.15, 0.2) is 5.10 Å². The maximum Gasteiger partial charge on any atom is 0.245 e. The van der Waals surface area contributed by atoms with Gasteiger partial charge in [-0.2, -0.15) is 5.10 Å². The van der Waals surface area contributed by atoms with Crippen LogP contribution < -0.4 is 5.73 Å². The minimum absolute atomic E-state index is 0.0710. The van der Waals surface area contributed by atoms with Gasteiger partial charge in [0.1, 0.15) is 6.34 Å². The highest BCUT2D eigenvalue weighted by molar-refractivity contribution is 5.80. The molecule has 1 atom stereocenters. The second-order valence-electron chi connectivity index (χ2n) is 2.42. The van der Waals surface area contributed by atoms with Crippen molar-refractivity contribution in [3.63, 3.8) is 0 Å². The summed E-state index contributed by atoms with van der Waals surface area (Å²) < 4.78 is 0. The first kappa shape index (κ1) is 10.9. The van der Waals surface area contributed by atoms with Crippen LogP contribution in [0.3, 0.4) is 0 Å². The van der Waals surface area contributed by atoms with Crippen molar-refractivity contribution < 1.29 is 4.79 Å². The summed E-state index contributed by atoms with van der Waals surface area (Å²) >= 11 is 0. The topological polar surface area (TPSA) is 58.7 Å². The van der Waals surface area contributed by atoms with Crippen molar-refractivity contribution >= 4 is 12.2 Å². The second-order valence-corrected chi connectivity index (χ2v) is 2.42. The molecule has 1 heterocycles. The van der Waals surface area contributed by atoms with Gasteiger partial charge in [0, 0.05) is 12.5 Å². The summed E-state index contributed by atoms with van der Waals surface area (Å²) in [6.45, 7) is 6.60. The van der Waals surface area contributed by atoms with Crippen LogP contribution in [0.2, 0.25) is 0 Å². The molecule has 0 radical (unpaired) electrons. The monoisotopic (exact) mass is 171 g/mol. The van der Waals surface area contributed by atoms with Crippen LogP contribution in [0.4, 0.5) is 0 Å². The normalized spacial score (nSPS) is 22.8. The van der Waals surface area contributed by atoms with Crippen LogP contribution >= 0.6 is 0 Å². The van der Waals surface area contributed by atoms with Crippen LogP contribution in [0, 0.1) is 5.92 Å². The molecule has 4 nitrogen and oxygen atoms in total. The van der Waals surface area contributed by atoms with Gasteiger partial charge in [-0.05, 0) is 6.42 Å². The fourth-order valence-electron chi connectivity index (χ4n) is 0.999. The number of hydrogen-bond donors (Lipinski definition) is 1. The maximum absolute atomic E-state index is 11.1. The summed E-state index contributed by atoms with van der Waals surface area (Å²) in [5.74, 6) is 0.186. The molecule has 0 spiro atoms. The fourth-order valence-corrected chi connectivity index (χ4v) is 0.999. The molecule has 1 aliphatic rings. The molecule has 1 unspecified atom stereocenters. The fraction of sp³-hybridized carbons (Fsp3) is 0.750. The summed E-state index contributed by atoms with van der Waals surface area (Å²) in [5, 5.41) is 5.10. The summed E-state index contributed by atoms with van der Waals surface area (Å²) in [4.78, 5) is 11.1. The third-order valence-corrected chi connectivity index (χ3v) is 1.66. The average Bonchev–Trinajstić information content (AvgIpc) is 2.41. The first-order chi connectivity index (χ1) is 5.75. The Morgan fingerprint density at radius 3 is 2.58 bits per heavy atom. The average molecular weight is 171 g/mol. The van der Waals surface area contributed by atoms with Crippen LogP contribution in [-0.4, -0.2) is 23.8 Å². The molecule has 12 heavy (non-hydrogen) atoms. The molecule has 0 aliphatic carbocycles. The highest BCUT2D eigenvalue weighted by Gasteiger charge is 2.27. The molecule has 1 saturated heterocycles. The van der Waals surface area contributed by atoms with Crippen molar-refractivity contribution in [1.82, 2.24) is 5.01 Å². The van der Waals surface area contributed by atoms with Gasteiger partial charge in [0.15, 0.2) is 0 Å². The Bertz CT molecular complexity index is 168. The van der Waals surface area contributed by atoms with Crippen molar-refractivity contribution in [1.29, 1.82) is 0 Å². The van der Waals surface area contributed by atoms with E-state index in [-0.39, 0.29) is 11.8 Å². The SMILES string of the molecule is CC.CC1CCN(/N=C/N)C1=O. The number of amides is 1. The van der Waals surface area contributed by atoms with E-state index in [0.717, 1.165) is 12.8 Å². The zero-order chi connectivity index (χ0) is 9.56. The zero-order valence-electron chi connectivity index (χ0n) is 7.95. The molecule has 1 rings (SSSR count). The smallest absolute Gasteiger partial charge is 0.245 e. The predicted molar refractivity (Wildman–Crippen MR) is 49.5 cm³/mol. The summed E-state index contributed by atoms with van der Waals surface area (Å²) in [6, 6.07) is 0. The molecule has 1 amide bonds. The summed E-state index contributed by atoms with van der Waals surface area (Å²) in [5.41, 5.74) is 5.03. The van der Waals surface area contributed by atoms with E-state index in [1.807, 2.05) is 20.8 Å². The Kier molecular flexibility index (Phi) is 5.08. The van der Waals surface area contributed by atoms with Gasteiger partial charge in [0.05, 0.1) is 0 Å². The number of rotatable bonds is 1. The predicted octanol–water partition coefficient (Wildman–Crippen LogP) is 0.783. The van der Waals surface area contributed by atoms with Crippen molar-refractivity contribution in [3.8, 4) is 0 Å². The van der Waals surface area contributed by atoms with Crippen LogP contribution in [0.25, 0.3) is 0 Å². The maximum atomic E-state index is 11.1. The second kappa shape index (κ2) is 5.57. The minimum Gasteiger partial charge on any atom is -0.388 e. The standard InChI is InChI=1S/C6H11N3O.C2H6/c1-5-2-3-9(6(5)10)8-4-7;1-2/h4-5H,2-3H2,1H3,(H2,7,8);1-2H3. The van der Waals surface area contributed by atoms with E-state index in [1.54, 1.807) is 0 Å². The van der Waals surface area contributed by atoms with Crippen LogP contribution in [-0.2, 0) is 4.79 Å². The van der Waals surface area contributed by atoms with Crippen molar-refractivity contribution in [3.05, 3.63) is 0 Å². The molecule has 1 aliphatic heterocycles. The highest BCUT2D eigenvalue weighted by atomic mass is 16.2. The Balaban J connectivity index is 0.000000561. The quantitative estimate of drug-likeness (QED) is 0.468. The Morgan fingerprint density at radius 2 is 2.25 bits per heavy atom. The van der Waals surface area contributed by atoms with E-state index in [4.69, 9.17) is 5.73 Å². The lowest BCUT2D eigenvalue weighted by Crippen LogP contribution is -2.21. The number of hydrogen-bond acceptors (Lipinski definition) is 2.